The van der Waals surface area contributed by atoms with Gasteiger partial charge < -0.3 is 14.0 Å². The second-order valence-electron chi connectivity index (χ2n) is 8.20. The predicted molar refractivity (Wildman–Crippen MR) is 124 cm³/mol. The van der Waals surface area contributed by atoms with Crippen LogP contribution in [0.5, 0.6) is 5.75 Å². The molecule has 0 saturated heterocycles. The number of aryl methyl sites for hydroxylation is 2. The number of rotatable bonds is 7. The first-order valence-electron chi connectivity index (χ1n) is 10.1. The van der Waals surface area contributed by atoms with Gasteiger partial charge in [0, 0.05) is 17.2 Å². The van der Waals surface area contributed by atoms with Crippen molar-refractivity contribution in [1.29, 1.82) is 0 Å². The third-order valence-corrected chi connectivity index (χ3v) is 5.01. The average Bonchev–Trinajstić information content (AvgIpc) is 2.71. The van der Waals surface area contributed by atoms with Crippen LogP contribution in [0.2, 0.25) is 0 Å². The van der Waals surface area contributed by atoms with Crippen molar-refractivity contribution in [2.75, 3.05) is 0 Å². The molecule has 3 aromatic rings. The van der Waals surface area contributed by atoms with Gasteiger partial charge >= 0.3 is 5.97 Å². The molecule has 162 valence electrons. The van der Waals surface area contributed by atoms with Crippen LogP contribution < -0.4 is 10.3 Å². The summed E-state index contributed by atoms with van der Waals surface area (Å²) in [5.74, 6) is 0.157. The first kappa shape index (κ1) is 22.8. The smallest absolute Gasteiger partial charge is 0.344 e. The third-order valence-electron chi connectivity index (χ3n) is 4.52. The molecule has 1 aromatic heterocycles. The highest BCUT2D eigenvalue weighted by atomic mass is 79.9. The molecule has 0 N–H and O–H groups in total. The number of carbonyl (C=O) groups excluding carboxylic acids is 1. The molecule has 0 radical (unpaired) electrons. The molecular formula is C25H26BrNO4. The van der Waals surface area contributed by atoms with Gasteiger partial charge in [0.25, 0.3) is 5.56 Å². The Bertz CT molecular complexity index is 1100. The lowest BCUT2D eigenvalue weighted by atomic mass is 10.1. The van der Waals surface area contributed by atoms with Gasteiger partial charge in [0.2, 0.25) is 0 Å². The fourth-order valence-corrected chi connectivity index (χ4v) is 3.47. The fraction of sp³-hybridized carbons (Fsp3) is 0.280. The van der Waals surface area contributed by atoms with E-state index < -0.39 is 11.6 Å². The van der Waals surface area contributed by atoms with Gasteiger partial charge in [-0.05, 0) is 68.7 Å². The Hall–Kier alpha value is -2.86. The van der Waals surface area contributed by atoms with Crippen molar-refractivity contribution in [3.05, 3.63) is 98.4 Å². The Labute approximate surface area is 190 Å². The third kappa shape index (κ3) is 6.56. The topological polar surface area (TPSA) is 57.5 Å². The van der Waals surface area contributed by atoms with Gasteiger partial charge in [0.1, 0.15) is 23.5 Å². The molecule has 1 heterocycles. The minimum atomic E-state index is -0.661. The average molecular weight is 484 g/mol. The van der Waals surface area contributed by atoms with Crippen molar-refractivity contribution in [2.45, 2.75) is 45.9 Å². The summed E-state index contributed by atoms with van der Waals surface area (Å²) >= 11 is 3.51. The van der Waals surface area contributed by atoms with E-state index in [4.69, 9.17) is 9.47 Å². The molecule has 0 spiro atoms. The van der Waals surface area contributed by atoms with Crippen LogP contribution in [0.3, 0.4) is 0 Å². The first-order chi connectivity index (χ1) is 14.7. The van der Waals surface area contributed by atoms with Crippen LogP contribution in [-0.4, -0.2) is 16.1 Å². The van der Waals surface area contributed by atoms with Gasteiger partial charge in [-0.3, -0.25) is 4.79 Å². The summed E-state index contributed by atoms with van der Waals surface area (Å²) in [7, 11) is 0. The summed E-state index contributed by atoms with van der Waals surface area (Å²) in [5.41, 5.74) is 1.06. The lowest BCUT2D eigenvalue weighted by Gasteiger charge is -2.19. The molecule has 0 aliphatic rings. The van der Waals surface area contributed by atoms with Crippen LogP contribution in [0.15, 0.2) is 76.1 Å². The van der Waals surface area contributed by atoms with Crippen molar-refractivity contribution in [3.8, 4) is 5.75 Å². The molecule has 0 atom stereocenters. The number of ether oxygens (including phenoxy) is 2. The molecule has 0 bridgehead atoms. The molecule has 0 fully saturated rings. The molecule has 0 amide bonds. The molecule has 0 saturated carbocycles. The van der Waals surface area contributed by atoms with E-state index in [1.807, 2.05) is 48.5 Å². The zero-order valence-corrected chi connectivity index (χ0v) is 19.5. The second kappa shape index (κ2) is 9.96. The summed E-state index contributed by atoms with van der Waals surface area (Å²) < 4.78 is 13.8. The normalized spacial score (nSPS) is 11.2. The second-order valence-corrected chi connectivity index (χ2v) is 9.11. The van der Waals surface area contributed by atoms with Gasteiger partial charge in [0.05, 0.1) is 0 Å². The molecule has 2 aromatic carbocycles. The van der Waals surface area contributed by atoms with Gasteiger partial charge in [-0.2, -0.15) is 0 Å². The van der Waals surface area contributed by atoms with Crippen molar-refractivity contribution in [2.24, 2.45) is 0 Å². The van der Waals surface area contributed by atoms with E-state index in [9.17, 15) is 9.59 Å². The maximum Gasteiger partial charge on any atom is 0.344 e. The first-order valence-corrected chi connectivity index (χ1v) is 10.9. The number of hydrogen-bond acceptors (Lipinski definition) is 4. The molecule has 0 aliphatic heterocycles. The molecule has 3 rings (SSSR count). The Morgan fingerprint density at radius 3 is 2.48 bits per heavy atom. The maximum absolute atomic E-state index is 12.8. The predicted octanol–water partition coefficient (Wildman–Crippen LogP) is 5.39. The number of nitrogens with zero attached hydrogens (tertiary/aromatic N) is 1. The van der Waals surface area contributed by atoms with E-state index in [0.717, 1.165) is 21.3 Å². The highest BCUT2D eigenvalue weighted by molar-refractivity contribution is 9.10. The highest BCUT2D eigenvalue weighted by Crippen LogP contribution is 2.25. The van der Waals surface area contributed by atoms with Crippen molar-refractivity contribution < 1.29 is 14.3 Å². The Kier molecular flexibility index (Phi) is 7.33. The molecule has 31 heavy (non-hydrogen) atoms. The van der Waals surface area contributed by atoms with Crippen LogP contribution >= 0.6 is 15.9 Å². The van der Waals surface area contributed by atoms with E-state index in [1.54, 1.807) is 33.0 Å². The van der Waals surface area contributed by atoms with Crippen LogP contribution in [0.1, 0.15) is 42.3 Å². The van der Waals surface area contributed by atoms with E-state index in [2.05, 4.69) is 15.9 Å². The minimum absolute atomic E-state index is 0.0345. The van der Waals surface area contributed by atoms with Crippen molar-refractivity contribution in [1.82, 2.24) is 4.57 Å². The van der Waals surface area contributed by atoms with Gasteiger partial charge in [-0.15, -0.1) is 0 Å². The fourth-order valence-electron chi connectivity index (χ4n) is 3.06. The monoisotopic (exact) mass is 483 g/mol. The summed E-state index contributed by atoms with van der Waals surface area (Å²) in [6.07, 6.45) is 2.25. The lowest BCUT2D eigenvalue weighted by Crippen LogP contribution is -2.31. The van der Waals surface area contributed by atoms with Gasteiger partial charge in [-0.25, -0.2) is 4.79 Å². The zero-order valence-electron chi connectivity index (χ0n) is 17.9. The summed E-state index contributed by atoms with van der Waals surface area (Å²) in [6, 6.07) is 19.0. The van der Waals surface area contributed by atoms with E-state index >= 15 is 0 Å². The Balaban J connectivity index is 1.75. The molecule has 0 unspecified atom stereocenters. The van der Waals surface area contributed by atoms with Gasteiger partial charge in [-0.1, -0.05) is 46.3 Å². The quantitative estimate of drug-likeness (QED) is 0.422. The zero-order chi connectivity index (χ0) is 22.4. The number of hydrogen-bond donors (Lipinski definition) is 0. The van der Waals surface area contributed by atoms with Crippen LogP contribution in [0.25, 0.3) is 0 Å². The molecule has 6 heteroatoms. The Morgan fingerprint density at radius 2 is 1.77 bits per heavy atom. The van der Waals surface area contributed by atoms with Crippen LogP contribution in [0.4, 0.5) is 0 Å². The van der Waals surface area contributed by atoms with E-state index in [1.165, 1.54) is 10.6 Å². The number of benzene rings is 2. The maximum atomic E-state index is 12.8. The van der Waals surface area contributed by atoms with Gasteiger partial charge in [0.15, 0.2) is 0 Å². The number of carbonyl (C=O) groups is 1. The number of pyridine rings is 1. The Morgan fingerprint density at radius 1 is 1.03 bits per heavy atom. The summed E-state index contributed by atoms with van der Waals surface area (Å²) in [4.78, 5) is 25.2. The molecular weight excluding hydrogens is 458 g/mol. The summed E-state index contributed by atoms with van der Waals surface area (Å²) in [6.45, 7) is 6.20. The van der Waals surface area contributed by atoms with Crippen LogP contribution in [0, 0.1) is 0 Å². The lowest BCUT2D eigenvalue weighted by molar-refractivity contribution is 0.00668. The van der Waals surface area contributed by atoms with Crippen LogP contribution in [-0.2, 0) is 24.3 Å². The number of halogens is 1. The highest BCUT2D eigenvalue weighted by Gasteiger charge is 2.21. The van der Waals surface area contributed by atoms with E-state index in [0.29, 0.717) is 19.6 Å². The standard InChI is InChI=1S/C25H26BrNO4/c1-25(2,3)31-24(29)21-10-7-14-27(23(21)28)15-13-19-16-20(26)11-12-22(19)30-17-18-8-5-4-6-9-18/h4-12,14,16H,13,15,17H2,1-3H3. The SMILES string of the molecule is CC(C)(C)OC(=O)c1cccn(CCc2cc(Br)ccc2OCc2ccccc2)c1=O. The van der Waals surface area contributed by atoms with Crippen molar-refractivity contribution >= 4 is 21.9 Å². The number of aromatic nitrogens is 1. The summed E-state index contributed by atoms with van der Waals surface area (Å²) in [5, 5.41) is 0. The minimum Gasteiger partial charge on any atom is -0.489 e. The number of esters is 1. The molecule has 0 aliphatic carbocycles. The molecule has 5 nitrogen and oxygen atoms in total. The van der Waals surface area contributed by atoms with Crippen molar-refractivity contribution in [3.63, 3.8) is 0 Å². The largest absolute Gasteiger partial charge is 0.489 e. The van der Waals surface area contributed by atoms with E-state index in [-0.39, 0.29) is 11.1 Å².